The minimum Gasteiger partial charge on any atom is -0.454 e. The van der Waals surface area contributed by atoms with Crippen molar-refractivity contribution >= 4 is 23.1 Å². The Morgan fingerprint density at radius 2 is 1.86 bits per heavy atom. The number of morpholine rings is 1. The topological polar surface area (TPSA) is 99.0 Å². The van der Waals surface area contributed by atoms with E-state index in [0.29, 0.717) is 38.1 Å². The van der Waals surface area contributed by atoms with E-state index in [2.05, 4.69) is 0 Å². The zero-order chi connectivity index (χ0) is 21.0. The molecule has 1 saturated heterocycles. The SMILES string of the molecule is O=C(OCC(=O)c1cc(F)ccc1F)c1ccc(N2CCOCC2)c([N+](=O)[O-])c1. The van der Waals surface area contributed by atoms with Crippen LogP contribution in [-0.2, 0) is 9.47 Å². The van der Waals surface area contributed by atoms with Crippen LogP contribution < -0.4 is 4.90 Å². The number of anilines is 1. The Morgan fingerprint density at radius 3 is 2.55 bits per heavy atom. The smallest absolute Gasteiger partial charge is 0.338 e. The monoisotopic (exact) mass is 406 g/mol. The van der Waals surface area contributed by atoms with Crippen molar-refractivity contribution in [3.63, 3.8) is 0 Å². The average molecular weight is 406 g/mol. The molecule has 29 heavy (non-hydrogen) atoms. The van der Waals surface area contributed by atoms with E-state index in [4.69, 9.17) is 9.47 Å². The predicted molar refractivity (Wildman–Crippen MR) is 97.1 cm³/mol. The van der Waals surface area contributed by atoms with E-state index in [1.165, 1.54) is 12.1 Å². The number of Topliss-reactive ketones (excluding diaryl/α,β-unsaturated/α-hetero) is 1. The van der Waals surface area contributed by atoms with Gasteiger partial charge in [-0.3, -0.25) is 14.9 Å². The van der Waals surface area contributed by atoms with Gasteiger partial charge in [-0.2, -0.15) is 0 Å². The third-order valence-electron chi connectivity index (χ3n) is 4.32. The summed E-state index contributed by atoms with van der Waals surface area (Å²) in [6, 6.07) is 6.17. The van der Waals surface area contributed by atoms with Crippen molar-refractivity contribution < 1.29 is 32.8 Å². The lowest BCUT2D eigenvalue weighted by molar-refractivity contribution is -0.384. The van der Waals surface area contributed by atoms with Gasteiger partial charge in [0.25, 0.3) is 5.69 Å². The molecule has 0 radical (unpaired) electrons. The summed E-state index contributed by atoms with van der Waals surface area (Å²) in [5.74, 6) is -3.69. The summed E-state index contributed by atoms with van der Waals surface area (Å²) in [5, 5.41) is 11.4. The molecule has 0 aromatic heterocycles. The molecule has 0 amide bonds. The largest absolute Gasteiger partial charge is 0.454 e. The zero-order valence-corrected chi connectivity index (χ0v) is 15.1. The van der Waals surface area contributed by atoms with Gasteiger partial charge in [0.05, 0.1) is 29.3 Å². The number of nitro benzene ring substituents is 1. The Bertz CT molecular complexity index is 960. The maximum absolute atomic E-state index is 13.6. The molecule has 1 heterocycles. The molecule has 10 heteroatoms. The van der Waals surface area contributed by atoms with E-state index in [-0.39, 0.29) is 11.3 Å². The number of esters is 1. The molecule has 3 rings (SSSR count). The minimum atomic E-state index is -0.994. The highest BCUT2D eigenvalue weighted by Crippen LogP contribution is 2.30. The lowest BCUT2D eigenvalue weighted by atomic mass is 10.1. The Kier molecular flexibility index (Phi) is 6.13. The van der Waals surface area contributed by atoms with E-state index < -0.39 is 40.5 Å². The second-order valence-electron chi connectivity index (χ2n) is 6.18. The average Bonchev–Trinajstić information content (AvgIpc) is 2.73. The lowest BCUT2D eigenvalue weighted by Crippen LogP contribution is -2.36. The molecule has 0 aliphatic carbocycles. The molecule has 0 atom stereocenters. The summed E-state index contributed by atoms with van der Waals surface area (Å²) in [5.41, 5.74) is -0.635. The van der Waals surface area contributed by atoms with Crippen LogP contribution >= 0.6 is 0 Å². The van der Waals surface area contributed by atoms with Crippen molar-refractivity contribution in [2.24, 2.45) is 0 Å². The lowest BCUT2D eigenvalue weighted by Gasteiger charge is -2.28. The van der Waals surface area contributed by atoms with Gasteiger partial charge in [-0.05, 0) is 30.3 Å². The number of benzene rings is 2. The van der Waals surface area contributed by atoms with Crippen LogP contribution in [0.4, 0.5) is 20.2 Å². The van der Waals surface area contributed by atoms with Crippen molar-refractivity contribution in [2.45, 2.75) is 0 Å². The molecule has 0 unspecified atom stereocenters. The quantitative estimate of drug-likeness (QED) is 0.315. The minimum absolute atomic E-state index is 0.138. The standard InChI is InChI=1S/C19H16F2N2O6/c20-13-2-3-15(21)14(10-13)18(24)11-29-19(25)12-1-4-16(17(9-12)23(26)27)22-5-7-28-8-6-22/h1-4,9-10H,5-8,11H2. The fraction of sp³-hybridized carbons (Fsp3) is 0.263. The molecule has 2 aromatic carbocycles. The van der Waals surface area contributed by atoms with E-state index in [0.717, 1.165) is 18.2 Å². The van der Waals surface area contributed by atoms with Crippen LogP contribution in [0.2, 0.25) is 0 Å². The van der Waals surface area contributed by atoms with Crippen LogP contribution in [0, 0.1) is 21.7 Å². The Morgan fingerprint density at radius 1 is 1.14 bits per heavy atom. The highest BCUT2D eigenvalue weighted by molar-refractivity contribution is 5.99. The van der Waals surface area contributed by atoms with Gasteiger partial charge in [0.2, 0.25) is 5.78 Å². The van der Waals surface area contributed by atoms with Gasteiger partial charge in [0.15, 0.2) is 6.61 Å². The first-order valence-electron chi connectivity index (χ1n) is 8.63. The number of nitrogens with zero attached hydrogens (tertiary/aromatic N) is 2. The number of halogens is 2. The van der Waals surface area contributed by atoms with Crippen LogP contribution in [0.15, 0.2) is 36.4 Å². The summed E-state index contributed by atoms with van der Waals surface area (Å²) < 4.78 is 36.8. The van der Waals surface area contributed by atoms with Gasteiger partial charge in [0.1, 0.15) is 17.3 Å². The Balaban J connectivity index is 1.73. The van der Waals surface area contributed by atoms with Gasteiger partial charge in [-0.25, -0.2) is 13.6 Å². The van der Waals surface area contributed by atoms with E-state index in [1.54, 1.807) is 4.90 Å². The summed E-state index contributed by atoms with van der Waals surface area (Å²) in [6.07, 6.45) is 0. The molecular formula is C19H16F2N2O6. The van der Waals surface area contributed by atoms with Crippen molar-refractivity contribution in [1.29, 1.82) is 0 Å². The molecule has 0 spiro atoms. The summed E-state index contributed by atoms with van der Waals surface area (Å²) in [6.45, 7) is 0.967. The highest BCUT2D eigenvalue weighted by atomic mass is 19.1. The molecule has 0 bridgehead atoms. The molecule has 0 saturated carbocycles. The third kappa shape index (κ3) is 4.72. The van der Waals surface area contributed by atoms with E-state index in [1.807, 2.05) is 0 Å². The van der Waals surface area contributed by atoms with Crippen LogP contribution in [-0.4, -0.2) is 49.6 Å². The van der Waals surface area contributed by atoms with Gasteiger partial charge in [0, 0.05) is 19.2 Å². The van der Waals surface area contributed by atoms with Gasteiger partial charge in [-0.1, -0.05) is 0 Å². The Hall–Kier alpha value is -3.40. The first-order valence-corrected chi connectivity index (χ1v) is 8.63. The first kappa shape index (κ1) is 20.3. The first-order chi connectivity index (χ1) is 13.9. The van der Waals surface area contributed by atoms with Crippen molar-refractivity contribution in [1.82, 2.24) is 0 Å². The Labute approximate surface area is 163 Å². The van der Waals surface area contributed by atoms with Crippen LogP contribution in [0.25, 0.3) is 0 Å². The second-order valence-corrected chi connectivity index (χ2v) is 6.18. The number of carbonyl (C=O) groups excluding carboxylic acids is 2. The van der Waals surface area contributed by atoms with Crippen LogP contribution in [0.1, 0.15) is 20.7 Å². The highest BCUT2D eigenvalue weighted by Gasteiger charge is 2.24. The number of ether oxygens (including phenoxy) is 2. The molecule has 8 nitrogen and oxygen atoms in total. The number of ketones is 1. The number of hydrogen-bond acceptors (Lipinski definition) is 7. The van der Waals surface area contributed by atoms with Gasteiger partial charge < -0.3 is 14.4 Å². The van der Waals surface area contributed by atoms with Crippen molar-refractivity contribution in [3.05, 3.63) is 69.3 Å². The van der Waals surface area contributed by atoms with Gasteiger partial charge in [-0.15, -0.1) is 0 Å². The molecule has 152 valence electrons. The van der Waals surface area contributed by atoms with E-state index in [9.17, 15) is 28.5 Å². The zero-order valence-electron chi connectivity index (χ0n) is 15.1. The van der Waals surface area contributed by atoms with Crippen molar-refractivity contribution in [2.75, 3.05) is 37.8 Å². The summed E-state index contributed by atoms with van der Waals surface area (Å²) in [4.78, 5) is 36.8. The summed E-state index contributed by atoms with van der Waals surface area (Å²) >= 11 is 0. The molecule has 1 aliphatic heterocycles. The third-order valence-corrected chi connectivity index (χ3v) is 4.32. The number of nitro groups is 1. The summed E-state index contributed by atoms with van der Waals surface area (Å²) in [7, 11) is 0. The molecule has 0 N–H and O–H groups in total. The van der Waals surface area contributed by atoms with E-state index >= 15 is 0 Å². The van der Waals surface area contributed by atoms with Crippen LogP contribution in [0.5, 0.6) is 0 Å². The van der Waals surface area contributed by atoms with Crippen LogP contribution in [0.3, 0.4) is 0 Å². The number of hydrogen-bond donors (Lipinski definition) is 0. The maximum atomic E-state index is 13.6. The molecule has 1 fully saturated rings. The maximum Gasteiger partial charge on any atom is 0.338 e. The number of rotatable bonds is 6. The fourth-order valence-corrected chi connectivity index (χ4v) is 2.87. The van der Waals surface area contributed by atoms with Crippen molar-refractivity contribution in [3.8, 4) is 0 Å². The molecule has 2 aromatic rings. The molecular weight excluding hydrogens is 390 g/mol. The second kappa shape index (κ2) is 8.74. The normalized spacial score (nSPS) is 13.8. The number of carbonyl (C=O) groups is 2. The fourth-order valence-electron chi connectivity index (χ4n) is 2.87. The molecule has 1 aliphatic rings. The predicted octanol–water partition coefficient (Wildman–Crippen LogP) is 2.75. The van der Waals surface area contributed by atoms with Gasteiger partial charge >= 0.3 is 5.97 Å².